The van der Waals surface area contributed by atoms with E-state index in [1.807, 2.05) is 0 Å². The molecule has 2 rings (SSSR count). The van der Waals surface area contributed by atoms with Crippen LogP contribution < -0.4 is 10.6 Å². The topological polar surface area (TPSA) is 50.4 Å². The van der Waals surface area contributed by atoms with Gasteiger partial charge in [-0.25, -0.2) is 0 Å². The first-order valence-electron chi connectivity index (χ1n) is 9.17. The van der Waals surface area contributed by atoms with Gasteiger partial charge >= 0.3 is 0 Å². The smallest absolute Gasteiger partial charge is 0.228 e. The van der Waals surface area contributed by atoms with E-state index in [1.54, 1.807) is 7.11 Å². The maximum Gasteiger partial charge on any atom is 0.228 e. The van der Waals surface area contributed by atoms with Gasteiger partial charge in [-0.1, -0.05) is 32.1 Å². The van der Waals surface area contributed by atoms with E-state index in [1.165, 1.54) is 38.5 Å². The number of ether oxygens (including phenoxy) is 1. The lowest BCUT2D eigenvalue weighted by molar-refractivity contribution is -0.136. The van der Waals surface area contributed by atoms with Crippen molar-refractivity contribution in [2.75, 3.05) is 26.8 Å². The first-order valence-corrected chi connectivity index (χ1v) is 9.17. The molecule has 2 N–H and O–H groups in total. The van der Waals surface area contributed by atoms with E-state index in [2.05, 4.69) is 17.6 Å². The Bertz CT molecular complexity index is 334. The van der Waals surface area contributed by atoms with Crippen LogP contribution in [-0.4, -0.2) is 38.8 Å². The number of amides is 1. The van der Waals surface area contributed by atoms with Gasteiger partial charge in [-0.15, -0.1) is 12.4 Å². The minimum Gasteiger partial charge on any atom is -0.384 e. The Morgan fingerprint density at radius 3 is 2.52 bits per heavy atom. The Hall–Kier alpha value is -0.320. The number of rotatable bonds is 7. The normalized spacial score (nSPS) is 22.9. The molecule has 23 heavy (non-hydrogen) atoms. The summed E-state index contributed by atoms with van der Waals surface area (Å²) in [4.78, 5) is 12.8. The highest BCUT2D eigenvalue weighted by molar-refractivity contribution is 5.85. The fraction of sp³-hybridized carbons (Fsp3) is 0.944. The van der Waals surface area contributed by atoms with E-state index < -0.39 is 0 Å². The zero-order chi connectivity index (χ0) is 15.8. The van der Waals surface area contributed by atoms with Gasteiger partial charge in [0.15, 0.2) is 0 Å². The zero-order valence-electron chi connectivity index (χ0n) is 14.9. The number of carbonyl (C=O) groups is 1. The summed E-state index contributed by atoms with van der Waals surface area (Å²) in [6.45, 7) is 4.51. The summed E-state index contributed by atoms with van der Waals surface area (Å²) in [6.07, 6.45) is 11.1. The van der Waals surface area contributed by atoms with Crippen LogP contribution in [0.1, 0.15) is 64.7 Å². The van der Waals surface area contributed by atoms with Crippen LogP contribution in [0.2, 0.25) is 0 Å². The Labute approximate surface area is 147 Å². The van der Waals surface area contributed by atoms with Gasteiger partial charge in [0.1, 0.15) is 0 Å². The molecule has 0 radical (unpaired) electrons. The van der Waals surface area contributed by atoms with Gasteiger partial charge < -0.3 is 15.4 Å². The predicted molar refractivity (Wildman–Crippen MR) is 97.1 cm³/mol. The van der Waals surface area contributed by atoms with E-state index in [9.17, 15) is 4.79 Å². The molecule has 1 amide bonds. The second kappa shape index (κ2) is 10.5. The molecule has 0 aromatic carbocycles. The standard InChI is InChI=1S/C18H34N2O2.ClH/c1-15(8-9-16-6-4-3-5-7-16)20-17(21)18(14-22-2)10-12-19-13-11-18;/h15-16,19H,3-14H2,1-2H3,(H,20,21);1H. The SMILES string of the molecule is COCC1(C(=O)NC(C)CCC2CCCCC2)CCNCC1.Cl. The molecule has 0 bridgehead atoms. The Morgan fingerprint density at radius 1 is 1.26 bits per heavy atom. The lowest BCUT2D eigenvalue weighted by Gasteiger charge is -2.36. The van der Waals surface area contributed by atoms with Gasteiger partial charge in [-0.05, 0) is 51.6 Å². The number of nitrogens with one attached hydrogen (secondary N) is 2. The fourth-order valence-corrected chi connectivity index (χ4v) is 4.03. The summed E-state index contributed by atoms with van der Waals surface area (Å²) >= 11 is 0. The zero-order valence-corrected chi connectivity index (χ0v) is 15.7. The van der Waals surface area contributed by atoms with Crippen LogP contribution in [0.3, 0.4) is 0 Å². The summed E-state index contributed by atoms with van der Waals surface area (Å²) in [5, 5.41) is 6.61. The summed E-state index contributed by atoms with van der Waals surface area (Å²) in [5.41, 5.74) is -0.320. The van der Waals surface area contributed by atoms with Gasteiger partial charge in [-0.2, -0.15) is 0 Å². The first-order chi connectivity index (χ1) is 10.7. The Kier molecular flexibility index (Phi) is 9.48. The molecular formula is C18H35ClN2O2. The molecule has 1 saturated heterocycles. The second-order valence-electron chi connectivity index (χ2n) is 7.42. The fourth-order valence-electron chi connectivity index (χ4n) is 4.03. The van der Waals surface area contributed by atoms with Crippen molar-refractivity contribution in [3.05, 3.63) is 0 Å². The molecule has 136 valence electrons. The van der Waals surface area contributed by atoms with Gasteiger partial charge in [-0.3, -0.25) is 4.79 Å². The van der Waals surface area contributed by atoms with E-state index >= 15 is 0 Å². The van der Waals surface area contributed by atoms with Crippen molar-refractivity contribution in [3.8, 4) is 0 Å². The molecule has 5 heteroatoms. The number of hydrogen-bond acceptors (Lipinski definition) is 3. The largest absolute Gasteiger partial charge is 0.384 e. The van der Waals surface area contributed by atoms with Crippen LogP contribution in [0.15, 0.2) is 0 Å². The lowest BCUT2D eigenvalue weighted by Crippen LogP contribution is -2.52. The quantitative estimate of drug-likeness (QED) is 0.743. The van der Waals surface area contributed by atoms with Crippen LogP contribution in [0.4, 0.5) is 0 Å². The maximum atomic E-state index is 12.8. The van der Waals surface area contributed by atoms with Gasteiger partial charge in [0.2, 0.25) is 5.91 Å². The van der Waals surface area contributed by atoms with Crippen LogP contribution in [0, 0.1) is 11.3 Å². The van der Waals surface area contributed by atoms with E-state index in [-0.39, 0.29) is 29.8 Å². The third-order valence-corrected chi connectivity index (χ3v) is 5.57. The monoisotopic (exact) mass is 346 g/mol. The van der Waals surface area contributed by atoms with Gasteiger partial charge in [0, 0.05) is 13.2 Å². The van der Waals surface area contributed by atoms with Crippen LogP contribution in [0.25, 0.3) is 0 Å². The average Bonchev–Trinajstić information content (AvgIpc) is 2.55. The number of methoxy groups -OCH3 is 1. The summed E-state index contributed by atoms with van der Waals surface area (Å²) < 4.78 is 5.35. The first kappa shape index (κ1) is 20.7. The highest BCUT2D eigenvalue weighted by Gasteiger charge is 2.40. The van der Waals surface area contributed by atoms with Crippen molar-refractivity contribution in [2.45, 2.75) is 70.8 Å². The number of hydrogen-bond donors (Lipinski definition) is 2. The van der Waals surface area contributed by atoms with Crippen molar-refractivity contribution in [1.29, 1.82) is 0 Å². The minimum atomic E-state index is -0.320. The van der Waals surface area contributed by atoms with Gasteiger partial charge in [0.25, 0.3) is 0 Å². The van der Waals surface area contributed by atoms with Crippen LogP contribution >= 0.6 is 12.4 Å². The molecule has 2 aliphatic rings. The van der Waals surface area contributed by atoms with Crippen molar-refractivity contribution in [1.82, 2.24) is 10.6 Å². The molecule has 1 aliphatic heterocycles. The van der Waals surface area contributed by atoms with Crippen molar-refractivity contribution >= 4 is 18.3 Å². The highest BCUT2D eigenvalue weighted by atomic mass is 35.5. The number of carbonyl (C=O) groups excluding carboxylic acids is 1. The van der Waals surface area contributed by atoms with Crippen molar-refractivity contribution in [2.24, 2.45) is 11.3 Å². The summed E-state index contributed by atoms with van der Waals surface area (Å²) in [7, 11) is 1.70. The Morgan fingerprint density at radius 2 is 1.91 bits per heavy atom. The molecule has 1 unspecified atom stereocenters. The highest BCUT2D eigenvalue weighted by Crippen LogP contribution is 2.30. The number of halogens is 1. The Balaban J connectivity index is 0.00000264. The molecule has 2 fully saturated rings. The second-order valence-corrected chi connectivity index (χ2v) is 7.42. The number of piperidine rings is 1. The van der Waals surface area contributed by atoms with Crippen LogP contribution in [-0.2, 0) is 9.53 Å². The molecule has 4 nitrogen and oxygen atoms in total. The molecule has 1 heterocycles. The molecule has 0 aromatic heterocycles. The van der Waals surface area contributed by atoms with E-state index in [0.717, 1.165) is 38.3 Å². The molecule has 1 aliphatic carbocycles. The molecular weight excluding hydrogens is 312 g/mol. The molecule has 1 saturated carbocycles. The third kappa shape index (κ3) is 6.24. The van der Waals surface area contributed by atoms with Crippen molar-refractivity contribution < 1.29 is 9.53 Å². The summed E-state index contributed by atoms with van der Waals surface area (Å²) in [5.74, 6) is 1.09. The van der Waals surface area contributed by atoms with E-state index in [4.69, 9.17) is 4.74 Å². The predicted octanol–water partition coefficient (Wildman–Crippen LogP) is 3.29. The molecule has 1 atom stereocenters. The van der Waals surface area contributed by atoms with Gasteiger partial charge in [0.05, 0.1) is 12.0 Å². The molecule has 0 aromatic rings. The average molecular weight is 347 g/mol. The molecule has 0 spiro atoms. The van der Waals surface area contributed by atoms with E-state index in [0.29, 0.717) is 6.61 Å². The van der Waals surface area contributed by atoms with Crippen LogP contribution in [0.5, 0.6) is 0 Å². The lowest BCUT2D eigenvalue weighted by atomic mass is 9.78. The van der Waals surface area contributed by atoms with Crippen molar-refractivity contribution in [3.63, 3.8) is 0 Å². The maximum absolute atomic E-state index is 12.8. The minimum absolute atomic E-state index is 0. The third-order valence-electron chi connectivity index (χ3n) is 5.57. The summed E-state index contributed by atoms with van der Waals surface area (Å²) in [6, 6.07) is 0.276.